The lowest BCUT2D eigenvalue weighted by Crippen LogP contribution is -1.96. The van der Waals surface area contributed by atoms with Gasteiger partial charge in [-0.05, 0) is 184 Å². The fourth-order valence-electron chi connectivity index (χ4n) is 19.2. The van der Waals surface area contributed by atoms with Crippen molar-refractivity contribution in [3.63, 3.8) is 0 Å². The number of rotatable bonds is 16. The number of hydrogen-bond acceptors (Lipinski definition) is 15. The molecular weight excluding hydrogens is 1820 g/mol. The lowest BCUT2D eigenvalue weighted by molar-refractivity contribution is 0.668. The molecule has 19 aromatic carbocycles. The summed E-state index contributed by atoms with van der Waals surface area (Å²) in [5, 5.41) is 9.15. The molecule has 28 rings (SSSR count). The van der Waals surface area contributed by atoms with Gasteiger partial charge < -0.3 is 13.3 Å². The minimum atomic E-state index is 0.664. The Morgan fingerprint density at radius 2 is 0.389 bits per heavy atom. The van der Waals surface area contributed by atoms with Gasteiger partial charge in [0.05, 0.1) is 64.8 Å². The third-order valence-electron chi connectivity index (χ3n) is 26.2. The summed E-state index contributed by atoms with van der Waals surface area (Å²) in [6, 6.07) is 165. The van der Waals surface area contributed by atoms with Crippen molar-refractivity contribution in [2.75, 3.05) is 0 Å². The predicted molar refractivity (Wildman–Crippen MR) is 594 cm³/mol. The van der Waals surface area contributed by atoms with Crippen LogP contribution in [-0.4, -0.2) is 44.9 Å². The fourth-order valence-corrected chi connectivity index (χ4v) is 22.0. The third-order valence-corrected chi connectivity index (χ3v) is 29.5. The number of furan rings is 3. The molecule has 0 aliphatic heterocycles. The lowest BCUT2D eigenvalue weighted by Gasteiger charge is -2.12. The van der Waals surface area contributed by atoms with Crippen LogP contribution >= 0.6 is 34.0 Å². The zero-order valence-corrected chi connectivity index (χ0v) is 79.5. The number of nitrogens with zero attached hydrogens (tertiary/aromatic N) is 9. The van der Waals surface area contributed by atoms with Gasteiger partial charge in [0, 0.05) is 99.1 Å². The van der Waals surface area contributed by atoms with Crippen molar-refractivity contribution in [1.29, 1.82) is 0 Å². The molecule has 0 bridgehead atoms. The Hall–Kier alpha value is -18.5. The van der Waals surface area contributed by atoms with Crippen LogP contribution in [0.3, 0.4) is 0 Å². The molecule has 0 amide bonds. The maximum atomic E-state index is 6.45. The average molecular weight is 1900 g/mol. The molecule has 0 aliphatic rings. The zero-order valence-electron chi connectivity index (χ0n) is 77.1. The number of hydrogen-bond donors (Lipinski definition) is 0. The number of thiazole rings is 3. The van der Waals surface area contributed by atoms with Crippen molar-refractivity contribution in [3.8, 4) is 178 Å². The van der Waals surface area contributed by atoms with Crippen LogP contribution in [0.2, 0.25) is 0 Å². The number of fused-ring (bicyclic) bond motifs is 12. The normalized spacial score (nSPS) is 11.5. The molecule has 676 valence electrons. The van der Waals surface area contributed by atoms with Gasteiger partial charge in [-0.1, -0.05) is 340 Å². The molecule has 144 heavy (non-hydrogen) atoms. The Kier molecular flexibility index (Phi) is 22.3. The number of aromatic nitrogens is 9. The van der Waals surface area contributed by atoms with E-state index in [2.05, 4.69) is 364 Å². The van der Waals surface area contributed by atoms with Gasteiger partial charge in [-0.3, -0.25) is 0 Å². The van der Waals surface area contributed by atoms with E-state index in [0.717, 1.165) is 221 Å². The van der Waals surface area contributed by atoms with E-state index in [1.165, 1.54) is 36.4 Å². The first-order chi connectivity index (χ1) is 71.3. The van der Waals surface area contributed by atoms with Gasteiger partial charge in [0.2, 0.25) is 0 Å². The van der Waals surface area contributed by atoms with Crippen molar-refractivity contribution in [2.24, 2.45) is 0 Å². The summed E-state index contributed by atoms with van der Waals surface area (Å²) < 4.78 is 22.8. The second-order valence-corrected chi connectivity index (χ2v) is 38.4. The number of benzene rings is 19. The Morgan fingerprint density at radius 1 is 0.146 bits per heavy atom. The molecule has 15 heteroatoms. The molecule has 28 aromatic rings. The summed E-state index contributed by atoms with van der Waals surface area (Å²) in [6.45, 7) is 0. The Bertz CT molecular complexity index is 9610. The molecule has 9 aromatic heterocycles. The quantitative estimate of drug-likeness (QED) is 0.0904. The molecule has 0 spiro atoms. The van der Waals surface area contributed by atoms with Gasteiger partial charge >= 0.3 is 0 Å². The summed E-state index contributed by atoms with van der Waals surface area (Å²) in [5.74, 6) is 2.02. The van der Waals surface area contributed by atoms with Gasteiger partial charge in [-0.2, -0.15) is 0 Å². The van der Waals surface area contributed by atoms with Gasteiger partial charge in [-0.15, -0.1) is 34.0 Å². The van der Waals surface area contributed by atoms with Crippen molar-refractivity contribution in [1.82, 2.24) is 44.9 Å². The van der Waals surface area contributed by atoms with Crippen LogP contribution < -0.4 is 0 Å². The predicted octanol–water partition coefficient (Wildman–Crippen LogP) is 35.6. The van der Waals surface area contributed by atoms with E-state index >= 15 is 0 Å². The topological polar surface area (TPSA) is 155 Å². The maximum absolute atomic E-state index is 6.45. The second-order valence-electron chi connectivity index (χ2n) is 35.3. The van der Waals surface area contributed by atoms with Crippen molar-refractivity contribution in [3.05, 3.63) is 479 Å². The minimum Gasteiger partial charge on any atom is -0.456 e. The highest BCUT2D eigenvalue weighted by Crippen LogP contribution is 2.47. The SMILES string of the molecule is c1ccc(-c2ccc(-c3cc(-c4cccc5oc6ccc(-c7nc8ccccc8s7)cc6c45)nc(-c4cccc(-c5ccccc5)c4)n3)cc2)cc1.c1ccc(-c2ccc(-c3cc(-c4cccc5oc6ccc(-c7nc8ccccc8s7)cc6c45)nc(-c4ccccc4)n3)cc2)cc1.c1ccc(-c2cccc(-c3cc(-c4cccc5oc6ccc(-c7nc8ccccc8s7)cc6c45)nc(-c4ccccc4)n3)c2)cc1. The van der Waals surface area contributed by atoms with E-state index in [0.29, 0.717) is 17.5 Å². The molecular formula is C129H79N9O3S3. The Labute approximate surface area is 839 Å². The van der Waals surface area contributed by atoms with Crippen molar-refractivity contribution in [2.45, 2.75) is 0 Å². The Morgan fingerprint density at radius 3 is 0.729 bits per heavy atom. The lowest BCUT2D eigenvalue weighted by atomic mass is 9.99. The molecule has 0 N–H and O–H groups in total. The van der Waals surface area contributed by atoms with E-state index in [-0.39, 0.29) is 0 Å². The number of para-hydroxylation sites is 3. The van der Waals surface area contributed by atoms with Crippen LogP contribution in [-0.2, 0) is 0 Å². The monoisotopic (exact) mass is 1900 g/mol. The van der Waals surface area contributed by atoms with Crippen molar-refractivity contribution < 1.29 is 13.3 Å². The van der Waals surface area contributed by atoms with Crippen LogP contribution in [0.1, 0.15) is 0 Å². The van der Waals surface area contributed by atoms with E-state index in [1.54, 1.807) is 34.0 Å². The van der Waals surface area contributed by atoms with Crippen LogP contribution in [0.4, 0.5) is 0 Å². The molecule has 0 saturated heterocycles. The van der Waals surface area contributed by atoms with Crippen molar-refractivity contribution >= 4 is 130 Å². The smallest absolute Gasteiger partial charge is 0.160 e. The molecule has 0 fully saturated rings. The minimum absolute atomic E-state index is 0.664. The van der Waals surface area contributed by atoms with E-state index in [4.69, 9.17) is 58.1 Å². The highest BCUT2D eigenvalue weighted by Gasteiger charge is 2.25. The Balaban J connectivity index is 0.000000110. The molecule has 12 nitrogen and oxygen atoms in total. The summed E-state index contributed by atoms with van der Waals surface area (Å²) in [6.07, 6.45) is 0. The van der Waals surface area contributed by atoms with Crippen LogP contribution in [0.25, 0.3) is 274 Å². The first-order valence-electron chi connectivity index (χ1n) is 47.6. The maximum Gasteiger partial charge on any atom is 0.160 e. The molecule has 9 heterocycles. The standard InChI is InChI=1S/C47H29N3OS.2C41H25N3OS/c1-3-11-30(12-4-1)32-21-23-33(24-22-32)40-29-41(49-46(48-40)35-16-9-15-34(27-35)31-13-5-2-6-14-31)37-17-10-19-43-45(37)38-28-36(25-26-42(38)51-43)47-50-39-18-7-8-20-44(39)52-47;1-3-11-26(12-4-1)28-15-9-16-29(23-28)34-25-35(43-40(42-34)27-13-5-2-6-14-27)31-17-10-19-37-39(31)32-24-30(21-22-36(32)45-37)41-44-33-18-7-8-20-38(33)46-41;1-3-10-26(11-4-1)27-18-20-28(21-19-27)34-25-35(43-40(42-34)29-12-5-2-6-13-29)31-14-9-16-37-39(31)32-24-30(22-23-36(32)45-37)41-44-33-15-7-8-17-38(33)46-41/h1-29H;2*1-25H. The second kappa shape index (κ2) is 37.3. The van der Waals surface area contributed by atoms with Gasteiger partial charge in [0.1, 0.15) is 48.5 Å². The fraction of sp³-hybridized carbons (Fsp3) is 0. The summed E-state index contributed by atoms with van der Waals surface area (Å²) >= 11 is 5.11. The van der Waals surface area contributed by atoms with Gasteiger partial charge in [0.15, 0.2) is 17.5 Å². The highest BCUT2D eigenvalue weighted by atomic mass is 32.1. The highest BCUT2D eigenvalue weighted by molar-refractivity contribution is 7.22. The van der Waals surface area contributed by atoms with Crippen LogP contribution in [0, 0.1) is 0 Å². The van der Waals surface area contributed by atoms with E-state index in [1.807, 2.05) is 115 Å². The van der Waals surface area contributed by atoms with Gasteiger partial charge in [0.25, 0.3) is 0 Å². The third kappa shape index (κ3) is 16.9. The first kappa shape index (κ1) is 85.9. The van der Waals surface area contributed by atoms with Crippen LogP contribution in [0.5, 0.6) is 0 Å². The van der Waals surface area contributed by atoms with Gasteiger partial charge in [-0.25, -0.2) is 44.9 Å². The molecule has 0 saturated carbocycles. The van der Waals surface area contributed by atoms with E-state index in [9.17, 15) is 0 Å². The average Bonchev–Trinajstić information content (AvgIpc) is 1.63. The molecule has 0 radical (unpaired) electrons. The summed E-state index contributed by atoms with van der Waals surface area (Å²) in [4.78, 5) is 45.7. The molecule has 0 aliphatic carbocycles. The van der Waals surface area contributed by atoms with E-state index < -0.39 is 0 Å². The summed E-state index contributed by atoms with van der Waals surface area (Å²) in [5.41, 5.74) is 34.5. The molecule has 0 atom stereocenters. The zero-order chi connectivity index (χ0) is 95.3. The molecule has 0 unspecified atom stereocenters. The first-order valence-corrected chi connectivity index (χ1v) is 50.1. The summed E-state index contributed by atoms with van der Waals surface area (Å²) in [7, 11) is 0. The largest absolute Gasteiger partial charge is 0.456 e. The van der Waals surface area contributed by atoms with Crippen LogP contribution in [0.15, 0.2) is 492 Å².